The molecule has 1 aliphatic rings. The SMILES string of the molecule is CC(=O)c1ccc(N2CCOCC2)c(-c2ccc(CCN)cc2)c1.Cl. The molecule has 0 unspecified atom stereocenters. The highest BCUT2D eigenvalue weighted by atomic mass is 35.5. The van der Waals surface area contributed by atoms with E-state index in [0.29, 0.717) is 6.54 Å². The van der Waals surface area contributed by atoms with E-state index in [2.05, 4.69) is 35.2 Å². The summed E-state index contributed by atoms with van der Waals surface area (Å²) in [6.07, 6.45) is 0.879. The monoisotopic (exact) mass is 360 g/mol. The van der Waals surface area contributed by atoms with Crippen LogP contribution < -0.4 is 10.6 Å². The Bertz CT molecular complexity index is 710. The van der Waals surface area contributed by atoms with Crippen molar-refractivity contribution in [2.45, 2.75) is 13.3 Å². The minimum absolute atomic E-state index is 0. The number of rotatable bonds is 5. The number of hydrogen-bond donors (Lipinski definition) is 1. The molecule has 1 aliphatic heterocycles. The maximum atomic E-state index is 11.8. The van der Waals surface area contributed by atoms with Gasteiger partial charge in [-0.1, -0.05) is 24.3 Å². The molecule has 25 heavy (non-hydrogen) atoms. The third-order valence-electron chi connectivity index (χ3n) is 4.45. The lowest BCUT2D eigenvalue weighted by atomic mass is 9.97. The number of anilines is 1. The molecule has 0 amide bonds. The van der Waals surface area contributed by atoms with Gasteiger partial charge in [0.15, 0.2) is 5.78 Å². The number of carbonyl (C=O) groups is 1. The second kappa shape index (κ2) is 8.99. The van der Waals surface area contributed by atoms with Gasteiger partial charge in [0, 0.05) is 29.9 Å². The summed E-state index contributed by atoms with van der Waals surface area (Å²) in [7, 11) is 0. The van der Waals surface area contributed by atoms with Gasteiger partial charge in [0.05, 0.1) is 13.2 Å². The molecule has 1 fully saturated rings. The van der Waals surface area contributed by atoms with Gasteiger partial charge in [-0.15, -0.1) is 12.4 Å². The molecule has 3 rings (SSSR count). The van der Waals surface area contributed by atoms with E-state index in [1.54, 1.807) is 6.92 Å². The van der Waals surface area contributed by atoms with Crippen LogP contribution in [0, 0.1) is 0 Å². The fourth-order valence-corrected chi connectivity index (χ4v) is 3.08. The molecule has 0 spiro atoms. The summed E-state index contributed by atoms with van der Waals surface area (Å²) in [5, 5.41) is 0. The zero-order chi connectivity index (χ0) is 16.9. The predicted molar refractivity (Wildman–Crippen MR) is 105 cm³/mol. The summed E-state index contributed by atoms with van der Waals surface area (Å²) in [5.74, 6) is 0.0875. The summed E-state index contributed by atoms with van der Waals surface area (Å²) in [5.41, 5.74) is 11.0. The van der Waals surface area contributed by atoms with Gasteiger partial charge in [-0.3, -0.25) is 4.79 Å². The van der Waals surface area contributed by atoms with Crippen LogP contribution in [0.25, 0.3) is 11.1 Å². The van der Waals surface area contributed by atoms with Crippen LogP contribution in [0.1, 0.15) is 22.8 Å². The Balaban J connectivity index is 0.00000225. The molecule has 4 nitrogen and oxygen atoms in total. The van der Waals surface area contributed by atoms with Crippen LogP contribution >= 0.6 is 12.4 Å². The highest BCUT2D eigenvalue weighted by molar-refractivity contribution is 5.97. The molecule has 0 saturated carbocycles. The highest BCUT2D eigenvalue weighted by Gasteiger charge is 2.17. The van der Waals surface area contributed by atoms with Crippen LogP contribution in [0.5, 0.6) is 0 Å². The van der Waals surface area contributed by atoms with Crippen molar-refractivity contribution >= 4 is 23.9 Å². The van der Waals surface area contributed by atoms with Crippen LogP contribution in [0.15, 0.2) is 42.5 Å². The van der Waals surface area contributed by atoms with Gasteiger partial charge in [0.25, 0.3) is 0 Å². The second-order valence-corrected chi connectivity index (χ2v) is 6.12. The molecule has 0 atom stereocenters. The van der Waals surface area contributed by atoms with Crippen molar-refractivity contribution in [1.29, 1.82) is 0 Å². The Kier molecular flexibility index (Phi) is 7.00. The number of halogens is 1. The number of benzene rings is 2. The maximum Gasteiger partial charge on any atom is 0.159 e. The average molecular weight is 361 g/mol. The van der Waals surface area contributed by atoms with E-state index >= 15 is 0 Å². The molecule has 1 saturated heterocycles. The summed E-state index contributed by atoms with van der Waals surface area (Å²) < 4.78 is 5.46. The quantitative estimate of drug-likeness (QED) is 0.831. The highest BCUT2D eigenvalue weighted by Crippen LogP contribution is 2.33. The van der Waals surface area contributed by atoms with Gasteiger partial charge in [-0.25, -0.2) is 0 Å². The fourth-order valence-electron chi connectivity index (χ4n) is 3.08. The van der Waals surface area contributed by atoms with E-state index in [1.165, 1.54) is 5.56 Å². The van der Waals surface area contributed by atoms with E-state index in [9.17, 15) is 4.79 Å². The Morgan fingerprint density at radius 1 is 1.12 bits per heavy atom. The topological polar surface area (TPSA) is 55.6 Å². The first-order chi connectivity index (χ1) is 11.7. The van der Waals surface area contributed by atoms with E-state index in [1.807, 2.05) is 12.1 Å². The fraction of sp³-hybridized carbons (Fsp3) is 0.350. The molecule has 0 bridgehead atoms. The van der Waals surface area contributed by atoms with Crippen LogP contribution in [0.4, 0.5) is 5.69 Å². The second-order valence-electron chi connectivity index (χ2n) is 6.12. The van der Waals surface area contributed by atoms with Gasteiger partial charge in [-0.2, -0.15) is 0 Å². The standard InChI is InChI=1S/C20H24N2O2.ClH/c1-15(23)18-6-7-20(22-10-12-24-13-11-22)19(14-18)17-4-2-16(3-5-17)8-9-21;/h2-7,14H,8-13,21H2,1H3;1H. The molecule has 134 valence electrons. The van der Waals surface area contributed by atoms with Gasteiger partial charge in [0.2, 0.25) is 0 Å². The van der Waals surface area contributed by atoms with Gasteiger partial charge < -0.3 is 15.4 Å². The van der Waals surface area contributed by atoms with Crippen LogP contribution in [-0.2, 0) is 11.2 Å². The maximum absolute atomic E-state index is 11.8. The Labute approximate surface area is 155 Å². The van der Waals surface area contributed by atoms with E-state index < -0.39 is 0 Å². The zero-order valence-corrected chi connectivity index (χ0v) is 15.3. The number of nitrogens with two attached hydrogens (primary N) is 1. The Hall–Kier alpha value is -1.88. The summed E-state index contributed by atoms with van der Waals surface area (Å²) in [4.78, 5) is 14.1. The molecule has 0 radical (unpaired) electrons. The van der Waals surface area contributed by atoms with E-state index in [-0.39, 0.29) is 18.2 Å². The average Bonchev–Trinajstić information content (AvgIpc) is 2.63. The largest absolute Gasteiger partial charge is 0.378 e. The van der Waals surface area contributed by atoms with Crippen LogP contribution in [-0.4, -0.2) is 38.6 Å². The molecule has 1 heterocycles. The smallest absolute Gasteiger partial charge is 0.159 e. The summed E-state index contributed by atoms with van der Waals surface area (Å²) in [6.45, 7) is 5.48. The molecular weight excluding hydrogens is 336 g/mol. The van der Waals surface area contributed by atoms with Crippen molar-refractivity contribution in [3.63, 3.8) is 0 Å². The molecule has 2 N–H and O–H groups in total. The number of Topliss-reactive ketones (excluding diaryl/α,β-unsaturated/α-hetero) is 1. The lowest BCUT2D eigenvalue weighted by Gasteiger charge is -2.31. The molecule has 2 aromatic rings. The molecule has 2 aromatic carbocycles. The van der Waals surface area contributed by atoms with E-state index in [4.69, 9.17) is 10.5 Å². The minimum atomic E-state index is 0. The summed E-state index contributed by atoms with van der Waals surface area (Å²) in [6, 6.07) is 14.5. The molecule has 0 aromatic heterocycles. The number of ketones is 1. The van der Waals surface area contributed by atoms with Crippen molar-refractivity contribution in [3.05, 3.63) is 53.6 Å². The molecular formula is C20H25ClN2O2. The van der Waals surface area contributed by atoms with Crippen molar-refractivity contribution in [2.24, 2.45) is 5.73 Å². The lowest BCUT2D eigenvalue weighted by molar-refractivity contribution is 0.101. The van der Waals surface area contributed by atoms with Crippen LogP contribution in [0.2, 0.25) is 0 Å². The van der Waals surface area contributed by atoms with Gasteiger partial charge in [-0.05, 0) is 49.2 Å². The third-order valence-corrected chi connectivity index (χ3v) is 4.45. The number of nitrogens with zero attached hydrogens (tertiary/aromatic N) is 1. The first-order valence-electron chi connectivity index (χ1n) is 8.46. The minimum Gasteiger partial charge on any atom is -0.378 e. The first-order valence-corrected chi connectivity index (χ1v) is 8.46. The van der Waals surface area contributed by atoms with Gasteiger partial charge >= 0.3 is 0 Å². The van der Waals surface area contributed by atoms with Crippen LogP contribution in [0.3, 0.4) is 0 Å². The van der Waals surface area contributed by atoms with Crippen molar-refractivity contribution < 1.29 is 9.53 Å². The van der Waals surface area contributed by atoms with Crippen molar-refractivity contribution in [3.8, 4) is 11.1 Å². The van der Waals surface area contributed by atoms with Gasteiger partial charge in [0.1, 0.15) is 0 Å². The Morgan fingerprint density at radius 2 is 1.80 bits per heavy atom. The van der Waals surface area contributed by atoms with Crippen molar-refractivity contribution in [1.82, 2.24) is 0 Å². The zero-order valence-electron chi connectivity index (χ0n) is 14.5. The molecule has 5 heteroatoms. The number of morpholine rings is 1. The number of ether oxygens (including phenoxy) is 1. The first kappa shape index (κ1) is 19.4. The third kappa shape index (κ3) is 4.60. The van der Waals surface area contributed by atoms with Crippen molar-refractivity contribution in [2.75, 3.05) is 37.7 Å². The lowest BCUT2D eigenvalue weighted by Crippen LogP contribution is -2.36. The Morgan fingerprint density at radius 3 is 2.40 bits per heavy atom. The number of carbonyl (C=O) groups excluding carboxylic acids is 1. The normalized spacial score (nSPS) is 14.1. The summed E-state index contributed by atoms with van der Waals surface area (Å²) >= 11 is 0. The van der Waals surface area contributed by atoms with E-state index in [0.717, 1.165) is 55.1 Å². The predicted octanol–water partition coefficient (Wildman–Crippen LogP) is 3.32. The number of hydrogen-bond acceptors (Lipinski definition) is 4. The molecule has 0 aliphatic carbocycles.